The predicted octanol–water partition coefficient (Wildman–Crippen LogP) is 3.67. The maximum atomic E-state index is 12.6. The third-order valence-electron chi connectivity index (χ3n) is 6.35. The Bertz CT molecular complexity index is 1170. The van der Waals surface area contributed by atoms with Gasteiger partial charge >= 0.3 is 0 Å². The number of carbonyl (C=O) groups excluding carboxylic acids is 1. The summed E-state index contributed by atoms with van der Waals surface area (Å²) in [4.78, 5) is 24.1. The Morgan fingerprint density at radius 3 is 2.52 bits per heavy atom. The normalized spacial score (nSPS) is 21.0. The summed E-state index contributed by atoms with van der Waals surface area (Å²) in [5.74, 6) is -0.499. The number of hydrogen-bond donors (Lipinski definition) is 2. The molecule has 0 bridgehead atoms. The number of carbonyl (C=O) groups is 1. The van der Waals surface area contributed by atoms with Crippen molar-refractivity contribution in [2.75, 3.05) is 6.54 Å². The van der Waals surface area contributed by atoms with Crippen molar-refractivity contribution in [2.24, 2.45) is 11.5 Å². The average Bonchev–Trinajstić information content (AvgIpc) is 2.79. The van der Waals surface area contributed by atoms with Gasteiger partial charge in [-0.3, -0.25) is 9.59 Å². The highest BCUT2D eigenvalue weighted by Gasteiger charge is 2.37. The molecule has 6 nitrogen and oxygen atoms in total. The molecule has 1 heterocycles. The molecule has 0 spiro atoms. The van der Waals surface area contributed by atoms with Gasteiger partial charge in [-0.05, 0) is 61.6 Å². The molecule has 0 radical (unpaired) electrons. The summed E-state index contributed by atoms with van der Waals surface area (Å²) in [5, 5.41) is 5.33. The Balaban J connectivity index is 1.60. The number of amides is 1. The lowest BCUT2D eigenvalue weighted by molar-refractivity contribution is 0.100. The van der Waals surface area contributed by atoms with E-state index in [1.165, 1.54) is 6.07 Å². The predicted molar refractivity (Wildman–Crippen MR) is 122 cm³/mol. The average molecular weight is 437 g/mol. The smallest absolute Gasteiger partial charge is 0.267 e. The van der Waals surface area contributed by atoms with Gasteiger partial charge in [0.2, 0.25) is 5.91 Å². The van der Waals surface area contributed by atoms with Crippen molar-refractivity contribution in [3.63, 3.8) is 0 Å². The highest BCUT2D eigenvalue weighted by Crippen LogP contribution is 2.42. The molecular formula is C24H25ClN4O2. The Kier molecular flexibility index (Phi) is 5.94. The summed E-state index contributed by atoms with van der Waals surface area (Å²) in [6.45, 7) is 0.530. The van der Waals surface area contributed by atoms with Crippen molar-refractivity contribution in [3.8, 4) is 11.3 Å². The standard InChI is InChI=1S/C24H25ClN4O2/c25-19-6-2-5-18(14-19)24(15-26)11-9-20(10-12-24)29-22(30)8-7-21(28-29)16-3-1-4-17(13-16)23(27)31/h1-8,13-14,20H,9-12,15,26H2,(H2,27,31)/t20-,24+. The quantitative estimate of drug-likeness (QED) is 0.636. The summed E-state index contributed by atoms with van der Waals surface area (Å²) in [7, 11) is 0. The van der Waals surface area contributed by atoms with E-state index in [0.29, 0.717) is 22.8 Å². The summed E-state index contributed by atoms with van der Waals surface area (Å²) >= 11 is 6.21. The van der Waals surface area contributed by atoms with Crippen LogP contribution in [0.5, 0.6) is 0 Å². The molecular weight excluding hydrogens is 412 g/mol. The number of aromatic nitrogens is 2. The summed E-state index contributed by atoms with van der Waals surface area (Å²) in [5.41, 5.74) is 14.3. The van der Waals surface area contributed by atoms with Crippen LogP contribution in [0.2, 0.25) is 5.02 Å². The number of halogens is 1. The molecule has 3 aromatic rings. The molecule has 160 valence electrons. The monoisotopic (exact) mass is 436 g/mol. The minimum atomic E-state index is -0.499. The Labute approximate surface area is 185 Å². The molecule has 2 aromatic carbocycles. The number of rotatable bonds is 5. The van der Waals surface area contributed by atoms with Gasteiger partial charge in [0.25, 0.3) is 5.56 Å². The molecule has 4 rings (SSSR count). The molecule has 0 unspecified atom stereocenters. The first-order chi connectivity index (χ1) is 14.9. The fourth-order valence-corrected chi connectivity index (χ4v) is 4.69. The number of hydrogen-bond acceptors (Lipinski definition) is 4. The van der Waals surface area contributed by atoms with E-state index in [1.54, 1.807) is 28.9 Å². The molecule has 4 N–H and O–H groups in total. The molecule has 1 aliphatic carbocycles. The molecule has 1 aliphatic rings. The topological polar surface area (TPSA) is 104 Å². The molecule has 1 aromatic heterocycles. The van der Waals surface area contributed by atoms with E-state index in [2.05, 4.69) is 11.2 Å². The van der Waals surface area contributed by atoms with Gasteiger partial charge in [-0.2, -0.15) is 5.10 Å². The summed E-state index contributed by atoms with van der Waals surface area (Å²) in [6.07, 6.45) is 3.29. The lowest BCUT2D eigenvalue weighted by Crippen LogP contribution is -2.41. The van der Waals surface area contributed by atoms with Gasteiger partial charge in [0, 0.05) is 34.2 Å². The lowest BCUT2D eigenvalue weighted by atomic mass is 9.68. The highest BCUT2D eigenvalue weighted by molar-refractivity contribution is 6.30. The van der Waals surface area contributed by atoms with Gasteiger partial charge < -0.3 is 11.5 Å². The zero-order valence-electron chi connectivity index (χ0n) is 17.1. The summed E-state index contributed by atoms with van der Waals surface area (Å²) < 4.78 is 1.57. The van der Waals surface area contributed by atoms with E-state index in [9.17, 15) is 9.59 Å². The number of nitrogens with two attached hydrogens (primary N) is 2. The number of benzene rings is 2. The third kappa shape index (κ3) is 4.27. The second-order valence-corrected chi connectivity index (χ2v) is 8.61. The minimum Gasteiger partial charge on any atom is -0.366 e. The number of nitrogens with zero attached hydrogens (tertiary/aromatic N) is 2. The van der Waals surface area contributed by atoms with Crippen LogP contribution in [-0.2, 0) is 5.41 Å². The Hall–Kier alpha value is -2.96. The fourth-order valence-electron chi connectivity index (χ4n) is 4.50. The van der Waals surface area contributed by atoms with Gasteiger partial charge in [-0.25, -0.2) is 4.68 Å². The molecule has 0 atom stereocenters. The van der Waals surface area contributed by atoms with E-state index in [4.69, 9.17) is 23.1 Å². The molecule has 31 heavy (non-hydrogen) atoms. The van der Waals surface area contributed by atoms with Crippen molar-refractivity contribution in [1.82, 2.24) is 9.78 Å². The second kappa shape index (κ2) is 8.65. The first-order valence-electron chi connectivity index (χ1n) is 10.4. The van der Waals surface area contributed by atoms with Crippen molar-refractivity contribution in [2.45, 2.75) is 37.1 Å². The highest BCUT2D eigenvalue weighted by atomic mass is 35.5. The van der Waals surface area contributed by atoms with E-state index in [0.717, 1.165) is 36.8 Å². The summed E-state index contributed by atoms with van der Waals surface area (Å²) in [6, 6.07) is 18.0. The number of primary amides is 1. The third-order valence-corrected chi connectivity index (χ3v) is 6.59. The zero-order chi connectivity index (χ0) is 22.0. The van der Waals surface area contributed by atoms with E-state index >= 15 is 0 Å². The van der Waals surface area contributed by atoms with Crippen LogP contribution in [0, 0.1) is 0 Å². The Morgan fingerprint density at radius 1 is 1.10 bits per heavy atom. The molecule has 1 saturated carbocycles. The first kappa shape index (κ1) is 21.3. The van der Waals surface area contributed by atoms with E-state index in [-0.39, 0.29) is 17.0 Å². The first-order valence-corrected chi connectivity index (χ1v) is 10.8. The Morgan fingerprint density at radius 2 is 1.84 bits per heavy atom. The lowest BCUT2D eigenvalue weighted by Gasteiger charge is -2.40. The van der Waals surface area contributed by atoms with Crippen molar-refractivity contribution in [1.29, 1.82) is 0 Å². The van der Waals surface area contributed by atoms with Gasteiger partial charge in [-0.15, -0.1) is 0 Å². The SMILES string of the molecule is NC[C@]1(c2cccc(Cl)c2)CC[C@@H](n2nc(-c3cccc(C(N)=O)c3)ccc2=O)CC1. The van der Waals surface area contributed by atoms with Crippen LogP contribution < -0.4 is 17.0 Å². The maximum absolute atomic E-state index is 12.6. The van der Waals surface area contributed by atoms with Gasteiger partial charge in [0.15, 0.2) is 0 Å². The van der Waals surface area contributed by atoms with Crippen LogP contribution in [0.15, 0.2) is 65.5 Å². The van der Waals surface area contributed by atoms with Crippen molar-refractivity contribution >= 4 is 17.5 Å². The van der Waals surface area contributed by atoms with Crippen LogP contribution in [0.4, 0.5) is 0 Å². The maximum Gasteiger partial charge on any atom is 0.267 e. The van der Waals surface area contributed by atoms with E-state index in [1.807, 2.05) is 24.3 Å². The molecule has 1 fully saturated rings. The second-order valence-electron chi connectivity index (χ2n) is 8.17. The van der Waals surface area contributed by atoms with Crippen LogP contribution in [0.1, 0.15) is 47.6 Å². The van der Waals surface area contributed by atoms with Crippen LogP contribution in [0.3, 0.4) is 0 Å². The molecule has 1 amide bonds. The van der Waals surface area contributed by atoms with Crippen molar-refractivity contribution in [3.05, 3.63) is 87.2 Å². The van der Waals surface area contributed by atoms with Crippen molar-refractivity contribution < 1.29 is 4.79 Å². The molecule has 7 heteroatoms. The van der Waals surface area contributed by atoms with Gasteiger partial charge in [0.1, 0.15) is 0 Å². The van der Waals surface area contributed by atoms with Crippen LogP contribution in [-0.4, -0.2) is 22.2 Å². The largest absolute Gasteiger partial charge is 0.366 e. The molecule has 0 aliphatic heterocycles. The van der Waals surface area contributed by atoms with Gasteiger partial charge in [-0.1, -0.05) is 35.9 Å². The van der Waals surface area contributed by atoms with Crippen LogP contribution in [0.25, 0.3) is 11.3 Å². The van der Waals surface area contributed by atoms with Gasteiger partial charge in [0.05, 0.1) is 11.7 Å². The minimum absolute atomic E-state index is 0.00867. The van der Waals surface area contributed by atoms with Crippen LogP contribution >= 0.6 is 11.6 Å². The van der Waals surface area contributed by atoms with E-state index < -0.39 is 5.91 Å². The zero-order valence-corrected chi connectivity index (χ0v) is 17.9. The fraction of sp³-hybridized carbons (Fsp3) is 0.292. The molecule has 0 saturated heterocycles.